The summed E-state index contributed by atoms with van der Waals surface area (Å²) in [5, 5.41) is 18.8. The lowest BCUT2D eigenvalue weighted by atomic mass is 9.75. The van der Waals surface area contributed by atoms with Gasteiger partial charge in [0.05, 0.1) is 6.10 Å². The van der Waals surface area contributed by atoms with Crippen molar-refractivity contribution in [1.82, 2.24) is 0 Å². The number of rotatable bonds is 3. The molecule has 0 heterocycles. The maximum atomic E-state index is 9.85. The molecule has 1 aromatic carbocycles. The quantitative estimate of drug-likeness (QED) is 0.820. The third kappa shape index (κ3) is 2.63. The molecule has 0 aliphatic heterocycles. The van der Waals surface area contributed by atoms with Gasteiger partial charge in [-0.3, -0.25) is 0 Å². The number of aliphatic hydroxyl groups excluding tert-OH is 2. The van der Waals surface area contributed by atoms with Crippen molar-refractivity contribution in [2.75, 3.05) is 6.61 Å². The van der Waals surface area contributed by atoms with Crippen LogP contribution in [0.2, 0.25) is 0 Å². The van der Waals surface area contributed by atoms with Crippen LogP contribution in [0.25, 0.3) is 0 Å². The second-order valence-corrected chi connectivity index (χ2v) is 4.76. The van der Waals surface area contributed by atoms with E-state index in [-0.39, 0.29) is 18.6 Å². The van der Waals surface area contributed by atoms with E-state index in [0.717, 1.165) is 25.7 Å². The van der Waals surface area contributed by atoms with Crippen LogP contribution >= 0.6 is 0 Å². The molecule has 2 heteroatoms. The standard InChI is InChI=1S/C14H20O2/c15-9-8-13-10-12(6-7-14(13)16)11-4-2-1-3-5-11/h1-5,12-16H,6-10H2. The average molecular weight is 220 g/mol. The number of aliphatic hydroxyl groups is 2. The summed E-state index contributed by atoms with van der Waals surface area (Å²) in [7, 11) is 0. The Bertz CT molecular complexity index is 310. The third-order valence-corrected chi connectivity index (χ3v) is 3.71. The minimum atomic E-state index is -0.216. The Morgan fingerprint density at radius 3 is 2.56 bits per heavy atom. The molecule has 0 radical (unpaired) electrons. The van der Waals surface area contributed by atoms with Crippen molar-refractivity contribution in [3.05, 3.63) is 35.9 Å². The van der Waals surface area contributed by atoms with E-state index in [1.54, 1.807) is 0 Å². The van der Waals surface area contributed by atoms with Crippen molar-refractivity contribution < 1.29 is 10.2 Å². The molecule has 0 saturated heterocycles. The first kappa shape index (κ1) is 11.6. The van der Waals surface area contributed by atoms with Gasteiger partial charge >= 0.3 is 0 Å². The summed E-state index contributed by atoms with van der Waals surface area (Å²) in [5.74, 6) is 0.824. The molecular weight excluding hydrogens is 200 g/mol. The normalized spacial score (nSPS) is 30.2. The van der Waals surface area contributed by atoms with Crippen molar-refractivity contribution in [3.8, 4) is 0 Å². The molecule has 16 heavy (non-hydrogen) atoms. The molecule has 3 atom stereocenters. The van der Waals surface area contributed by atoms with Gasteiger partial charge in [0, 0.05) is 6.61 Å². The lowest BCUT2D eigenvalue weighted by Crippen LogP contribution is -2.29. The van der Waals surface area contributed by atoms with Gasteiger partial charge in [0.2, 0.25) is 0 Å². The van der Waals surface area contributed by atoms with Crippen LogP contribution in [-0.2, 0) is 0 Å². The van der Waals surface area contributed by atoms with E-state index >= 15 is 0 Å². The van der Waals surface area contributed by atoms with Gasteiger partial charge in [-0.25, -0.2) is 0 Å². The van der Waals surface area contributed by atoms with E-state index in [1.165, 1.54) is 5.56 Å². The minimum absolute atomic E-state index is 0.184. The molecule has 1 aliphatic carbocycles. The molecule has 3 unspecified atom stereocenters. The van der Waals surface area contributed by atoms with Crippen LogP contribution in [-0.4, -0.2) is 22.9 Å². The van der Waals surface area contributed by atoms with E-state index in [4.69, 9.17) is 5.11 Å². The van der Waals surface area contributed by atoms with Crippen molar-refractivity contribution in [3.63, 3.8) is 0 Å². The summed E-state index contributed by atoms with van der Waals surface area (Å²) in [6.07, 6.45) is 3.44. The smallest absolute Gasteiger partial charge is 0.0569 e. The first-order valence-corrected chi connectivity index (χ1v) is 6.15. The van der Waals surface area contributed by atoms with Crippen molar-refractivity contribution in [2.24, 2.45) is 5.92 Å². The zero-order valence-corrected chi connectivity index (χ0v) is 9.55. The van der Waals surface area contributed by atoms with Gasteiger partial charge in [-0.05, 0) is 43.1 Å². The lowest BCUT2D eigenvalue weighted by molar-refractivity contribution is 0.0476. The maximum absolute atomic E-state index is 9.85. The van der Waals surface area contributed by atoms with Gasteiger partial charge in [-0.2, -0.15) is 0 Å². The summed E-state index contributed by atoms with van der Waals surface area (Å²) < 4.78 is 0. The fraction of sp³-hybridized carbons (Fsp3) is 0.571. The number of hydrogen-bond donors (Lipinski definition) is 2. The Hall–Kier alpha value is -0.860. The lowest BCUT2D eigenvalue weighted by Gasteiger charge is -2.33. The second kappa shape index (κ2) is 5.46. The highest BCUT2D eigenvalue weighted by molar-refractivity contribution is 5.20. The largest absolute Gasteiger partial charge is 0.396 e. The van der Waals surface area contributed by atoms with Gasteiger partial charge < -0.3 is 10.2 Å². The van der Waals surface area contributed by atoms with Crippen LogP contribution in [0.1, 0.15) is 37.2 Å². The van der Waals surface area contributed by atoms with E-state index in [1.807, 2.05) is 6.07 Å². The Balaban J connectivity index is 2.03. The van der Waals surface area contributed by atoms with Crippen LogP contribution in [0.3, 0.4) is 0 Å². The summed E-state index contributed by atoms with van der Waals surface area (Å²) in [6, 6.07) is 10.5. The summed E-state index contributed by atoms with van der Waals surface area (Å²) in [5.41, 5.74) is 1.37. The topological polar surface area (TPSA) is 40.5 Å². The van der Waals surface area contributed by atoms with E-state index in [0.29, 0.717) is 5.92 Å². The first-order valence-electron chi connectivity index (χ1n) is 6.15. The zero-order chi connectivity index (χ0) is 11.4. The highest BCUT2D eigenvalue weighted by Gasteiger charge is 2.29. The van der Waals surface area contributed by atoms with Crippen LogP contribution in [0.5, 0.6) is 0 Å². The van der Waals surface area contributed by atoms with Gasteiger partial charge in [0.15, 0.2) is 0 Å². The van der Waals surface area contributed by atoms with Crippen molar-refractivity contribution in [2.45, 2.75) is 37.7 Å². The number of hydrogen-bond acceptors (Lipinski definition) is 2. The highest BCUT2D eigenvalue weighted by Crippen LogP contribution is 2.37. The number of benzene rings is 1. The fourth-order valence-corrected chi connectivity index (χ4v) is 2.75. The van der Waals surface area contributed by atoms with Gasteiger partial charge in [0.25, 0.3) is 0 Å². The summed E-state index contributed by atoms with van der Waals surface area (Å²) in [6.45, 7) is 0.184. The Morgan fingerprint density at radius 1 is 1.12 bits per heavy atom. The van der Waals surface area contributed by atoms with Crippen LogP contribution in [0.15, 0.2) is 30.3 Å². The monoisotopic (exact) mass is 220 g/mol. The van der Waals surface area contributed by atoms with E-state index < -0.39 is 0 Å². The van der Waals surface area contributed by atoms with E-state index in [9.17, 15) is 5.11 Å². The molecule has 0 bridgehead atoms. The second-order valence-electron chi connectivity index (χ2n) is 4.76. The van der Waals surface area contributed by atoms with Gasteiger partial charge in [-0.1, -0.05) is 30.3 Å². The molecule has 0 aromatic heterocycles. The molecule has 1 fully saturated rings. The highest BCUT2D eigenvalue weighted by atomic mass is 16.3. The third-order valence-electron chi connectivity index (χ3n) is 3.71. The molecule has 2 N–H and O–H groups in total. The molecule has 2 rings (SSSR count). The van der Waals surface area contributed by atoms with Gasteiger partial charge in [0.1, 0.15) is 0 Å². The predicted molar refractivity (Wildman–Crippen MR) is 64.2 cm³/mol. The van der Waals surface area contributed by atoms with Gasteiger partial charge in [-0.15, -0.1) is 0 Å². The van der Waals surface area contributed by atoms with Crippen LogP contribution in [0.4, 0.5) is 0 Å². The van der Waals surface area contributed by atoms with Crippen LogP contribution < -0.4 is 0 Å². The summed E-state index contributed by atoms with van der Waals surface area (Å²) in [4.78, 5) is 0. The Morgan fingerprint density at radius 2 is 1.88 bits per heavy atom. The SMILES string of the molecule is OCCC1CC(c2ccccc2)CCC1O. The maximum Gasteiger partial charge on any atom is 0.0569 e. The summed E-state index contributed by atoms with van der Waals surface area (Å²) >= 11 is 0. The average Bonchev–Trinajstić information content (AvgIpc) is 2.33. The van der Waals surface area contributed by atoms with Crippen LogP contribution in [0, 0.1) is 5.92 Å². The van der Waals surface area contributed by atoms with Crippen molar-refractivity contribution in [1.29, 1.82) is 0 Å². The minimum Gasteiger partial charge on any atom is -0.396 e. The molecule has 1 saturated carbocycles. The Kier molecular flexibility index (Phi) is 3.97. The fourth-order valence-electron chi connectivity index (χ4n) is 2.75. The predicted octanol–water partition coefficient (Wildman–Crippen LogP) is 2.31. The first-order chi connectivity index (χ1) is 7.81. The molecule has 88 valence electrons. The molecule has 1 aliphatic rings. The molecular formula is C14H20O2. The van der Waals surface area contributed by atoms with Crippen molar-refractivity contribution >= 4 is 0 Å². The molecule has 1 aromatic rings. The Labute approximate surface area is 96.9 Å². The zero-order valence-electron chi connectivity index (χ0n) is 9.55. The molecule has 2 nitrogen and oxygen atoms in total. The molecule has 0 amide bonds. The van der Waals surface area contributed by atoms with E-state index in [2.05, 4.69) is 24.3 Å². The molecule has 0 spiro atoms.